The van der Waals surface area contributed by atoms with Crippen molar-refractivity contribution in [2.45, 2.75) is 72.1 Å². The highest BCUT2D eigenvalue weighted by Crippen LogP contribution is 2.71. The topological polar surface area (TPSA) is 37.3 Å². The third kappa shape index (κ3) is 2.16. The van der Waals surface area contributed by atoms with E-state index in [4.69, 9.17) is 0 Å². The van der Waals surface area contributed by atoms with Crippen molar-refractivity contribution in [2.24, 2.45) is 34.0 Å². The highest BCUT2D eigenvalue weighted by atomic mass is 16.3. The van der Waals surface area contributed by atoms with Crippen molar-refractivity contribution in [1.29, 1.82) is 0 Å². The van der Waals surface area contributed by atoms with E-state index in [1.807, 2.05) is 6.08 Å². The van der Waals surface area contributed by atoms with Crippen molar-refractivity contribution in [3.8, 4) is 0 Å². The van der Waals surface area contributed by atoms with Gasteiger partial charge in [-0.15, -0.1) is 0 Å². The maximum atomic E-state index is 11.9. The van der Waals surface area contributed by atoms with E-state index >= 15 is 0 Å². The summed E-state index contributed by atoms with van der Waals surface area (Å²) in [7, 11) is 0. The summed E-state index contributed by atoms with van der Waals surface area (Å²) in [5.74, 6) is 2.61. The molecule has 0 radical (unpaired) electrons. The first-order valence-electron chi connectivity index (χ1n) is 10.3. The van der Waals surface area contributed by atoms with Crippen molar-refractivity contribution in [3.05, 3.63) is 23.8 Å². The molecule has 0 aliphatic heterocycles. The molecule has 3 saturated carbocycles. The van der Waals surface area contributed by atoms with E-state index in [1.165, 1.54) is 37.7 Å². The lowest BCUT2D eigenvalue weighted by Gasteiger charge is -2.60. The average Bonchev–Trinajstić information content (AvgIpc) is 2.87. The number of aliphatic hydroxyl groups excluding tert-OH is 1. The van der Waals surface area contributed by atoms with Crippen LogP contribution in [0.5, 0.6) is 0 Å². The molecule has 0 spiro atoms. The fraction of sp³-hybridized carbons (Fsp3) is 0.783. The first-order valence-corrected chi connectivity index (χ1v) is 10.3. The van der Waals surface area contributed by atoms with E-state index < -0.39 is 0 Å². The van der Waals surface area contributed by atoms with Gasteiger partial charge >= 0.3 is 0 Å². The van der Waals surface area contributed by atoms with E-state index in [0.717, 1.165) is 42.6 Å². The van der Waals surface area contributed by atoms with Crippen molar-refractivity contribution >= 4 is 5.78 Å². The fourth-order valence-corrected chi connectivity index (χ4v) is 7.58. The number of aliphatic hydroxyl groups is 1. The molecule has 4 aliphatic rings. The highest BCUT2D eigenvalue weighted by Gasteiger charge is 2.63. The van der Waals surface area contributed by atoms with Crippen LogP contribution in [0.25, 0.3) is 0 Å². The van der Waals surface area contributed by atoms with Crippen LogP contribution in [0.1, 0.15) is 72.1 Å². The molecule has 25 heavy (non-hydrogen) atoms. The molecule has 2 heteroatoms. The van der Waals surface area contributed by atoms with Crippen molar-refractivity contribution in [3.63, 3.8) is 0 Å². The van der Waals surface area contributed by atoms with Gasteiger partial charge in [-0.2, -0.15) is 0 Å². The van der Waals surface area contributed by atoms with Gasteiger partial charge in [-0.3, -0.25) is 4.79 Å². The number of rotatable bonds is 2. The summed E-state index contributed by atoms with van der Waals surface area (Å²) in [6.07, 6.45) is 11.1. The Morgan fingerprint density at radius 3 is 2.56 bits per heavy atom. The van der Waals surface area contributed by atoms with E-state index in [2.05, 4.69) is 27.4 Å². The van der Waals surface area contributed by atoms with E-state index in [0.29, 0.717) is 5.78 Å². The van der Waals surface area contributed by atoms with Gasteiger partial charge in [0.25, 0.3) is 0 Å². The Morgan fingerprint density at radius 1 is 1.12 bits per heavy atom. The predicted molar refractivity (Wildman–Crippen MR) is 101 cm³/mol. The Morgan fingerprint density at radius 2 is 1.84 bits per heavy atom. The van der Waals surface area contributed by atoms with Crippen molar-refractivity contribution < 1.29 is 9.90 Å². The number of ketones is 1. The van der Waals surface area contributed by atoms with Gasteiger partial charge in [0.1, 0.15) is 0 Å². The van der Waals surface area contributed by atoms with Gasteiger partial charge in [0.15, 0.2) is 5.78 Å². The van der Waals surface area contributed by atoms with Gasteiger partial charge in [0, 0.05) is 6.42 Å². The third-order valence-corrected chi connectivity index (χ3v) is 9.54. The number of hydrogen-bond acceptors (Lipinski definition) is 2. The average molecular weight is 343 g/mol. The molecule has 0 aromatic rings. The second kappa shape index (κ2) is 5.55. The number of carbonyl (C=O) groups excluding carboxylic acids is 1. The van der Waals surface area contributed by atoms with E-state index in [9.17, 15) is 9.90 Å². The fourth-order valence-electron chi connectivity index (χ4n) is 7.58. The Balaban J connectivity index is 1.68. The molecule has 2 nitrogen and oxygen atoms in total. The predicted octanol–water partition coefficient (Wildman–Crippen LogP) is 5.07. The Hall–Kier alpha value is -0.890. The minimum Gasteiger partial charge on any atom is -0.392 e. The monoisotopic (exact) mass is 342 g/mol. The lowest BCUT2D eigenvalue weighted by Crippen LogP contribution is -2.52. The smallest absolute Gasteiger partial charge is 0.155 e. The summed E-state index contributed by atoms with van der Waals surface area (Å²) in [6, 6.07) is 0. The highest BCUT2D eigenvalue weighted by molar-refractivity contribution is 5.91. The minimum absolute atomic E-state index is 0.0803. The Bertz CT molecular complexity index is 646. The molecule has 0 amide bonds. The molecule has 138 valence electrons. The van der Waals surface area contributed by atoms with E-state index in [1.54, 1.807) is 0 Å². The van der Waals surface area contributed by atoms with Crippen LogP contribution in [-0.2, 0) is 4.79 Å². The van der Waals surface area contributed by atoms with Crippen LogP contribution in [-0.4, -0.2) is 17.5 Å². The second-order valence-electron chi connectivity index (χ2n) is 10.1. The molecule has 1 N–H and O–H groups in total. The summed E-state index contributed by atoms with van der Waals surface area (Å²) in [6.45, 7) is 11.7. The molecule has 0 heterocycles. The second-order valence-corrected chi connectivity index (χ2v) is 10.1. The SMILES string of the molecule is C=C(CO)C1(C)CCC2C3CCC4=CC(=O)CCC4(C)C3CCC21C. The molecule has 0 aromatic heterocycles. The maximum absolute atomic E-state index is 11.9. The van der Waals surface area contributed by atoms with Crippen LogP contribution >= 0.6 is 0 Å². The van der Waals surface area contributed by atoms with Gasteiger partial charge in [-0.05, 0) is 90.6 Å². The molecule has 6 unspecified atom stereocenters. The molecule has 4 rings (SSSR count). The summed E-state index contributed by atoms with van der Waals surface area (Å²) >= 11 is 0. The lowest BCUT2D eigenvalue weighted by molar-refractivity contribution is -0.117. The lowest BCUT2D eigenvalue weighted by atomic mass is 9.45. The van der Waals surface area contributed by atoms with Crippen LogP contribution in [0, 0.1) is 34.0 Å². The Kier molecular flexibility index (Phi) is 3.89. The summed E-state index contributed by atoms with van der Waals surface area (Å²) < 4.78 is 0. The molecule has 0 bridgehead atoms. The standard InChI is InChI=1S/C23H34O2/c1-15(14-24)22(3)11-9-20-18-6-5-16-13-17(25)7-10-21(16,2)19(18)8-12-23(20,22)4/h13,18-20,24H,1,5-12,14H2,2-4H3. The largest absolute Gasteiger partial charge is 0.392 e. The van der Waals surface area contributed by atoms with Crippen LogP contribution in [0.4, 0.5) is 0 Å². The van der Waals surface area contributed by atoms with Crippen LogP contribution < -0.4 is 0 Å². The van der Waals surface area contributed by atoms with E-state index in [-0.39, 0.29) is 22.9 Å². The van der Waals surface area contributed by atoms with Gasteiger partial charge in [0.05, 0.1) is 6.61 Å². The van der Waals surface area contributed by atoms with Crippen molar-refractivity contribution in [2.75, 3.05) is 6.61 Å². The first-order chi connectivity index (χ1) is 11.8. The molecule has 0 aromatic carbocycles. The van der Waals surface area contributed by atoms with Crippen LogP contribution in [0.3, 0.4) is 0 Å². The van der Waals surface area contributed by atoms with Crippen molar-refractivity contribution in [1.82, 2.24) is 0 Å². The number of hydrogen-bond donors (Lipinski definition) is 1. The molecule has 4 aliphatic carbocycles. The summed E-state index contributed by atoms with van der Waals surface area (Å²) in [5.41, 5.74) is 3.11. The van der Waals surface area contributed by atoms with Crippen LogP contribution in [0.15, 0.2) is 23.8 Å². The zero-order valence-corrected chi connectivity index (χ0v) is 16.2. The third-order valence-electron chi connectivity index (χ3n) is 9.54. The zero-order chi connectivity index (χ0) is 18.0. The zero-order valence-electron chi connectivity index (χ0n) is 16.2. The summed E-state index contributed by atoms with van der Waals surface area (Å²) in [4.78, 5) is 11.9. The summed E-state index contributed by atoms with van der Waals surface area (Å²) in [5, 5.41) is 9.78. The van der Waals surface area contributed by atoms with Gasteiger partial charge in [-0.1, -0.05) is 32.9 Å². The van der Waals surface area contributed by atoms with Gasteiger partial charge in [0.2, 0.25) is 0 Å². The van der Waals surface area contributed by atoms with Crippen LogP contribution in [0.2, 0.25) is 0 Å². The van der Waals surface area contributed by atoms with Gasteiger partial charge in [-0.25, -0.2) is 0 Å². The number of carbonyl (C=O) groups is 1. The molecule has 3 fully saturated rings. The Labute approximate surface area is 152 Å². The first kappa shape index (κ1) is 17.5. The molecule has 6 atom stereocenters. The number of fused-ring (bicyclic) bond motifs is 5. The molecule has 0 saturated heterocycles. The number of allylic oxidation sites excluding steroid dienone is 1. The quantitative estimate of drug-likeness (QED) is 0.711. The molecular formula is C23H34O2. The normalized spacial score (nSPS) is 49.0. The minimum atomic E-state index is 0.0803. The maximum Gasteiger partial charge on any atom is 0.155 e. The molecular weight excluding hydrogens is 308 g/mol. The van der Waals surface area contributed by atoms with Gasteiger partial charge < -0.3 is 5.11 Å².